The van der Waals surface area contributed by atoms with E-state index in [1.807, 2.05) is 24.5 Å². The van der Waals surface area contributed by atoms with Gasteiger partial charge >= 0.3 is 5.97 Å². The first-order valence-electron chi connectivity index (χ1n) is 10.2. The maximum absolute atomic E-state index is 13.3. The number of carbonyl (C=O) groups is 2. The molecule has 172 valence electrons. The minimum absolute atomic E-state index is 0.148. The number of nitrogens with one attached hydrogen (secondary N) is 1. The normalized spacial score (nSPS) is 12.3. The number of hydrogen-bond donors (Lipinski definition) is 1. The maximum Gasteiger partial charge on any atom is 0.357 e. The van der Waals surface area contributed by atoms with E-state index in [2.05, 4.69) is 10.3 Å². The number of ether oxygens (including phenoxy) is 3. The summed E-state index contributed by atoms with van der Waals surface area (Å²) >= 11 is 1.33. The fourth-order valence-corrected chi connectivity index (χ4v) is 3.85. The van der Waals surface area contributed by atoms with Crippen molar-refractivity contribution >= 4 is 23.6 Å². The molecule has 1 N–H and O–H groups in total. The number of nitrogens with zero attached hydrogens (tertiary/aromatic N) is 2. The van der Waals surface area contributed by atoms with Crippen LogP contribution in [0.2, 0.25) is 0 Å². The summed E-state index contributed by atoms with van der Waals surface area (Å²) in [4.78, 5) is 29.0. The number of imidazole rings is 1. The van der Waals surface area contributed by atoms with Crippen LogP contribution in [0.15, 0.2) is 53.8 Å². The maximum atomic E-state index is 13.3. The van der Waals surface area contributed by atoms with E-state index in [9.17, 15) is 14.0 Å². The van der Waals surface area contributed by atoms with Crippen molar-refractivity contribution in [1.82, 2.24) is 14.9 Å². The summed E-state index contributed by atoms with van der Waals surface area (Å²) < 4.78 is 31.1. The molecule has 0 saturated carbocycles. The molecule has 1 aliphatic rings. The van der Waals surface area contributed by atoms with E-state index < -0.39 is 18.5 Å². The van der Waals surface area contributed by atoms with Crippen molar-refractivity contribution in [2.75, 3.05) is 32.6 Å². The van der Waals surface area contributed by atoms with Crippen LogP contribution in [0.4, 0.5) is 4.39 Å². The van der Waals surface area contributed by atoms with E-state index in [-0.39, 0.29) is 11.5 Å². The second-order valence-electron chi connectivity index (χ2n) is 7.10. The van der Waals surface area contributed by atoms with Crippen molar-refractivity contribution in [2.24, 2.45) is 0 Å². The Bertz CT molecular complexity index is 1150. The average Bonchev–Trinajstić information content (AvgIpc) is 3.27. The highest BCUT2D eigenvalue weighted by molar-refractivity contribution is 7.98. The molecule has 0 atom stereocenters. The highest BCUT2D eigenvalue weighted by Gasteiger charge is 2.20. The van der Waals surface area contributed by atoms with E-state index >= 15 is 0 Å². The van der Waals surface area contributed by atoms with Crippen molar-refractivity contribution in [1.29, 1.82) is 0 Å². The molecule has 0 fully saturated rings. The summed E-state index contributed by atoms with van der Waals surface area (Å²) in [5.74, 6) is -0.0959. The van der Waals surface area contributed by atoms with Crippen LogP contribution in [0.25, 0.3) is 5.69 Å². The highest BCUT2D eigenvalue weighted by atomic mass is 32.2. The van der Waals surface area contributed by atoms with Crippen LogP contribution in [0, 0.1) is 5.82 Å². The third kappa shape index (κ3) is 5.46. The number of esters is 1. The van der Waals surface area contributed by atoms with Gasteiger partial charge in [-0.15, -0.1) is 0 Å². The average molecular weight is 472 g/mol. The van der Waals surface area contributed by atoms with Crippen LogP contribution < -0.4 is 14.8 Å². The molecule has 0 radical (unpaired) electrons. The Morgan fingerprint density at radius 3 is 2.67 bits per heavy atom. The topological polar surface area (TPSA) is 91.7 Å². The Kier molecular flexibility index (Phi) is 7.13. The molecule has 8 nitrogen and oxygen atoms in total. The molecule has 1 aliphatic heterocycles. The minimum atomic E-state index is -0.700. The van der Waals surface area contributed by atoms with Gasteiger partial charge in [-0.2, -0.15) is 0 Å². The zero-order valence-corrected chi connectivity index (χ0v) is 18.7. The van der Waals surface area contributed by atoms with Gasteiger partial charge in [-0.25, -0.2) is 14.2 Å². The first-order valence-corrected chi connectivity index (χ1v) is 11.5. The summed E-state index contributed by atoms with van der Waals surface area (Å²) in [7, 11) is 0. The van der Waals surface area contributed by atoms with E-state index in [0.717, 1.165) is 5.56 Å². The fourth-order valence-electron chi connectivity index (χ4n) is 3.31. The smallest absolute Gasteiger partial charge is 0.357 e. The van der Waals surface area contributed by atoms with Gasteiger partial charge in [0.15, 0.2) is 29.0 Å². The summed E-state index contributed by atoms with van der Waals surface area (Å²) in [6.45, 7) is 0.991. The summed E-state index contributed by atoms with van der Waals surface area (Å²) in [5.41, 5.74) is 1.70. The predicted octanol–water partition coefficient (Wildman–Crippen LogP) is 3.02. The second kappa shape index (κ2) is 10.4. The number of aromatic nitrogens is 2. The van der Waals surface area contributed by atoms with E-state index in [4.69, 9.17) is 14.2 Å². The largest absolute Gasteiger partial charge is 0.486 e. The Morgan fingerprint density at radius 1 is 1.15 bits per heavy atom. The number of benzene rings is 2. The first-order chi connectivity index (χ1) is 16.0. The molecule has 0 unspecified atom stereocenters. The quantitative estimate of drug-likeness (QED) is 0.399. The summed E-state index contributed by atoms with van der Waals surface area (Å²) in [6, 6.07) is 11.3. The van der Waals surface area contributed by atoms with Crippen LogP contribution in [-0.4, -0.2) is 54.0 Å². The Hall–Kier alpha value is -3.53. The van der Waals surface area contributed by atoms with Gasteiger partial charge in [-0.3, -0.25) is 9.36 Å². The van der Waals surface area contributed by atoms with Crippen molar-refractivity contribution in [2.45, 2.75) is 11.6 Å². The van der Waals surface area contributed by atoms with Crippen LogP contribution in [-0.2, 0) is 16.0 Å². The van der Waals surface area contributed by atoms with E-state index in [1.165, 1.54) is 42.2 Å². The lowest BCUT2D eigenvalue weighted by Gasteiger charge is -2.18. The molecule has 0 aliphatic carbocycles. The number of amides is 1. The van der Waals surface area contributed by atoms with Gasteiger partial charge in [0.25, 0.3) is 5.91 Å². The van der Waals surface area contributed by atoms with Crippen LogP contribution in [0.1, 0.15) is 16.1 Å². The Labute approximate surface area is 194 Å². The molecular formula is C23H22FN3O5S. The molecule has 0 spiro atoms. The van der Waals surface area contributed by atoms with Crippen molar-refractivity contribution in [3.05, 3.63) is 65.7 Å². The van der Waals surface area contributed by atoms with Gasteiger partial charge in [-0.05, 0) is 54.6 Å². The van der Waals surface area contributed by atoms with Gasteiger partial charge in [0, 0.05) is 12.2 Å². The Morgan fingerprint density at radius 2 is 1.91 bits per heavy atom. The lowest BCUT2D eigenvalue weighted by Crippen LogP contribution is -2.30. The molecule has 0 bridgehead atoms. The number of halogens is 1. The third-order valence-electron chi connectivity index (χ3n) is 4.88. The Balaban J connectivity index is 1.30. The number of hydrogen-bond acceptors (Lipinski definition) is 7. The molecule has 2 aromatic carbocycles. The van der Waals surface area contributed by atoms with Gasteiger partial charge in [0.05, 0.1) is 6.20 Å². The van der Waals surface area contributed by atoms with E-state index in [1.54, 1.807) is 4.57 Å². The molecule has 10 heteroatoms. The van der Waals surface area contributed by atoms with Crippen molar-refractivity contribution < 1.29 is 28.2 Å². The molecule has 1 aromatic heterocycles. The first kappa shape index (κ1) is 22.7. The van der Waals surface area contributed by atoms with Crippen LogP contribution >= 0.6 is 11.8 Å². The standard InChI is InChI=1S/C23H22FN3O5S/c1-33-23-26-13-18(27(23)17-5-3-16(24)4-6-17)22(29)32-14-21(28)25-9-8-15-2-7-19-20(12-15)31-11-10-30-19/h2-7,12-13H,8-11,14H2,1H3,(H,25,28). The molecule has 0 saturated heterocycles. The monoisotopic (exact) mass is 471 g/mol. The lowest BCUT2D eigenvalue weighted by atomic mass is 10.1. The third-order valence-corrected chi connectivity index (χ3v) is 5.54. The number of rotatable bonds is 8. The molecular weight excluding hydrogens is 449 g/mol. The number of fused-ring (bicyclic) bond motifs is 1. The predicted molar refractivity (Wildman–Crippen MR) is 120 cm³/mol. The molecule has 33 heavy (non-hydrogen) atoms. The summed E-state index contributed by atoms with van der Waals surface area (Å²) in [6.07, 6.45) is 3.77. The van der Waals surface area contributed by atoms with Crippen molar-refractivity contribution in [3.63, 3.8) is 0 Å². The van der Waals surface area contributed by atoms with Gasteiger partial charge in [0.1, 0.15) is 19.0 Å². The lowest BCUT2D eigenvalue weighted by molar-refractivity contribution is -0.124. The fraction of sp³-hybridized carbons (Fsp3) is 0.261. The van der Waals surface area contributed by atoms with Crippen LogP contribution in [0.3, 0.4) is 0 Å². The van der Waals surface area contributed by atoms with Crippen molar-refractivity contribution in [3.8, 4) is 17.2 Å². The molecule has 1 amide bonds. The SMILES string of the molecule is CSc1ncc(C(=O)OCC(=O)NCCc2ccc3c(c2)OCCO3)n1-c1ccc(F)cc1. The highest BCUT2D eigenvalue weighted by Crippen LogP contribution is 2.30. The number of thioether (sulfide) groups is 1. The zero-order chi connectivity index (χ0) is 23.2. The summed E-state index contributed by atoms with van der Waals surface area (Å²) in [5, 5.41) is 3.27. The van der Waals surface area contributed by atoms with Crippen LogP contribution in [0.5, 0.6) is 11.5 Å². The van der Waals surface area contributed by atoms with Gasteiger partial charge in [0.2, 0.25) is 0 Å². The zero-order valence-electron chi connectivity index (χ0n) is 17.9. The van der Waals surface area contributed by atoms with Gasteiger partial charge in [-0.1, -0.05) is 17.8 Å². The minimum Gasteiger partial charge on any atom is -0.486 e. The second-order valence-corrected chi connectivity index (χ2v) is 7.87. The molecule has 3 aromatic rings. The molecule has 4 rings (SSSR count). The van der Waals surface area contributed by atoms with E-state index in [0.29, 0.717) is 48.5 Å². The number of carbonyl (C=O) groups excluding carboxylic acids is 2. The van der Waals surface area contributed by atoms with Gasteiger partial charge < -0.3 is 19.5 Å². The molecule has 2 heterocycles.